The second kappa shape index (κ2) is 8.56. The summed E-state index contributed by atoms with van der Waals surface area (Å²) in [6, 6.07) is 8.80. The van der Waals surface area contributed by atoms with Crippen molar-refractivity contribution >= 4 is 30.0 Å². The summed E-state index contributed by atoms with van der Waals surface area (Å²) in [5.74, 6) is -1.96. The lowest BCUT2D eigenvalue weighted by atomic mass is 9.67. The van der Waals surface area contributed by atoms with Crippen molar-refractivity contribution in [1.82, 2.24) is 4.90 Å². The number of hydrogen-bond acceptors (Lipinski definition) is 6. The van der Waals surface area contributed by atoms with Gasteiger partial charge in [0.1, 0.15) is 5.70 Å². The molecule has 4 unspecified atom stereocenters. The molecule has 1 saturated heterocycles. The molecule has 1 fully saturated rings. The van der Waals surface area contributed by atoms with Gasteiger partial charge in [0.15, 0.2) is 0 Å². The minimum atomic E-state index is -1.22. The van der Waals surface area contributed by atoms with Crippen molar-refractivity contribution in [2.45, 2.75) is 25.5 Å². The third kappa shape index (κ3) is 3.54. The van der Waals surface area contributed by atoms with Gasteiger partial charge in [0.2, 0.25) is 5.91 Å². The van der Waals surface area contributed by atoms with E-state index in [1.165, 1.54) is 29.9 Å². The number of carboxylic acid groups (broad SMARTS) is 1. The topological polar surface area (TPSA) is 136 Å². The minimum Gasteiger partial charge on any atom is -0.477 e. The molecular formula is C20H25N3O5S. The zero-order valence-corrected chi connectivity index (χ0v) is 16.9. The van der Waals surface area contributed by atoms with E-state index in [0.717, 1.165) is 5.56 Å². The first-order valence-electron chi connectivity index (χ1n) is 9.35. The van der Waals surface area contributed by atoms with E-state index in [1.807, 2.05) is 30.3 Å². The summed E-state index contributed by atoms with van der Waals surface area (Å²) in [6.07, 6.45) is 0.582. The number of aliphatic imine (C=N–C) groups is 1. The molecule has 156 valence electrons. The molecule has 29 heavy (non-hydrogen) atoms. The van der Waals surface area contributed by atoms with Crippen LogP contribution in [-0.2, 0) is 16.0 Å². The van der Waals surface area contributed by atoms with Crippen molar-refractivity contribution < 1.29 is 24.9 Å². The van der Waals surface area contributed by atoms with Gasteiger partial charge in [-0.2, -0.15) is 0 Å². The number of nitrogens with two attached hydrogens (primary N) is 1. The second-order valence-electron chi connectivity index (χ2n) is 7.28. The van der Waals surface area contributed by atoms with E-state index in [9.17, 15) is 24.9 Å². The molecule has 4 atom stereocenters. The summed E-state index contributed by atoms with van der Waals surface area (Å²) >= 11 is 1.27. The van der Waals surface area contributed by atoms with E-state index in [1.54, 1.807) is 0 Å². The van der Waals surface area contributed by atoms with Crippen molar-refractivity contribution in [3.05, 3.63) is 46.5 Å². The summed E-state index contributed by atoms with van der Waals surface area (Å²) in [6.45, 7) is 1.55. The van der Waals surface area contributed by atoms with Gasteiger partial charge >= 0.3 is 5.97 Å². The van der Waals surface area contributed by atoms with Gasteiger partial charge in [-0.3, -0.25) is 14.7 Å². The first kappa shape index (κ1) is 21.4. The Kier molecular flexibility index (Phi) is 6.30. The van der Waals surface area contributed by atoms with Crippen LogP contribution in [0.15, 0.2) is 45.9 Å². The maximum atomic E-state index is 12.7. The molecule has 0 bridgehead atoms. The molecule has 0 radical (unpaired) electrons. The highest BCUT2D eigenvalue weighted by atomic mass is 32.2. The number of benzene rings is 1. The molecule has 1 aromatic carbocycles. The molecule has 2 heterocycles. The average molecular weight is 420 g/mol. The Morgan fingerprint density at radius 1 is 1.41 bits per heavy atom. The predicted octanol–water partition coefficient (Wildman–Crippen LogP) is 0.446. The van der Waals surface area contributed by atoms with Gasteiger partial charge in [-0.1, -0.05) is 30.3 Å². The Balaban J connectivity index is 2.09. The van der Waals surface area contributed by atoms with Crippen LogP contribution in [0.4, 0.5) is 0 Å². The maximum absolute atomic E-state index is 12.7. The molecule has 2 aliphatic heterocycles. The smallest absolute Gasteiger partial charge is 0.353 e. The predicted molar refractivity (Wildman–Crippen MR) is 110 cm³/mol. The molecule has 1 amide bonds. The number of aliphatic hydroxyl groups is 2. The lowest BCUT2D eigenvalue weighted by Gasteiger charge is -2.51. The highest BCUT2D eigenvalue weighted by molar-refractivity contribution is 8.03. The van der Waals surface area contributed by atoms with Gasteiger partial charge in [-0.15, -0.1) is 11.8 Å². The van der Waals surface area contributed by atoms with Gasteiger partial charge in [0.25, 0.3) is 0 Å². The van der Waals surface area contributed by atoms with Crippen LogP contribution in [0.2, 0.25) is 0 Å². The quantitative estimate of drug-likeness (QED) is 0.197. The summed E-state index contributed by atoms with van der Waals surface area (Å²) < 4.78 is 0. The lowest BCUT2D eigenvalue weighted by molar-refractivity contribution is -0.168. The average Bonchev–Trinajstić information content (AvgIpc) is 2.92. The molecule has 0 spiro atoms. The molecule has 8 nitrogen and oxygen atoms in total. The summed E-state index contributed by atoms with van der Waals surface area (Å²) in [7, 11) is 0. The van der Waals surface area contributed by atoms with Gasteiger partial charge in [-0.05, 0) is 18.9 Å². The lowest BCUT2D eigenvalue weighted by Crippen LogP contribution is -2.67. The third-order valence-electron chi connectivity index (χ3n) is 5.55. The number of aliphatic hydroxyl groups excluding tert-OH is 2. The summed E-state index contributed by atoms with van der Waals surface area (Å²) in [5, 5.41) is 30.6. The maximum Gasteiger partial charge on any atom is 0.353 e. The van der Waals surface area contributed by atoms with Crippen LogP contribution in [0.1, 0.15) is 12.5 Å². The summed E-state index contributed by atoms with van der Waals surface area (Å²) in [5.41, 5.74) is 5.07. The minimum absolute atomic E-state index is 0.108. The van der Waals surface area contributed by atoms with Gasteiger partial charge in [-0.25, -0.2) is 4.79 Å². The Hall–Kier alpha value is -2.36. The van der Waals surface area contributed by atoms with Crippen LogP contribution in [0.3, 0.4) is 0 Å². The molecule has 0 aliphatic carbocycles. The number of hydrogen-bond donors (Lipinski definition) is 4. The van der Waals surface area contributed by atoms with Crippen molar-refractivity contribution in [1.29, 1.82) is 0 Å². The van der Waals surface area contributed by atoms with Crippen LogP contribution in [0.5, 0.6) is 0 Å². The fraction of sp³-hybridized carbons (Fsp3) is 0.450. The van der Waals surface area contributed by atoms with Crippen LogP contribution in [0.25, 0.3) is 0 Å². The normalized spacial score (nSPS) is 27.3. The van der Waals surface area contributed by atoms with Crippen LogP contribution in [-0.4, -0.2) is 69.5 Å². The second-order valence-corrected chi connectivity index (χ2v) is 8.39. The highest BCUT2D eigenvalue weighted by Gasteiger charge is 2.67. The number of carbonyl (C=O) groups excluding carboxylic acids is 1. The molecule has 1 aromatic rings. The molecular weight excluding hydrogens is 394 g/mol. The SMILES string of the molecule is CC(O)C1C(=O)N2C(C(=O)O)=C(SCCN=CN)C(CO)(Cc3ccccc3)C12. The monoisotopic (exact) mass is 419 g/mol. The van der Waals surface area contributed by atoms with Gasteiger partial charge in [0, 0.05) is 10.7 Å². The van der Waals surface area contributed by atoms with Crippen LogP contribution >= 0.6 is 11.8 Å². The van der Waals surface area contributed by atoms with Gasteiger partial charge in [0.05, 0.1) is 43.0 Å². The molecule has 9 heteroatoms. The number of thioether (sulfide) groups is 1. The van der Waals surface area contributed by atoms with Crippen LogP contribution in [0, 0.1) is 11.3 Å². The Bertz CT molecular complexity index is 842. The van der Waals surface area contributed by atoms with E-state index < -0.39 is 35.4 Å². The Labute approximate surface area is 173 Å². The van der Waals surface area contributed by atoms with Crippen molar-refractivity contribution in [2.24, 2.45) is 22.1 Å². The highest BCUT2D eigenvalue weighted by Crippen LogP contribution is 2.58. The number of rotatable bonds is 9. The number of carboxylic acids is 1. The number of β-lactam (4-membered cyclic amide) rings is 1. The van der Waals surface area contributed by atoms with E-state index in [2.05, 4.69) is 4.99 Å². The first-order chi connectivity index (χ1) is 13.9. The first-order valence-corrected chi connectivity index (χ1v) is 10.3. The van der Waals surface area contributed by atoms with Gasteiger partial charge < -0.3 is 21.1 Å². The number of fused-ring (bicyclic) bond motifs is 1. The Morgan fingerprint density at radius 2 is 2.10 bits per heavy atom. The van der Waals surface area contributed by atoms with E-state index >= 15 is 0 Å². The zero-order valence-electron chi connectivity index (χ0n) is 16.1. The van der Waals surface area contributed by atoms with Crippen molar-refractivity contribution in [3.8, 4) is 0 Å². The number of aliphatic carboxylic acids is 1. The Morgan fingerprint density at radius 3 is 2.66 bits per heavy atom. The third-order valence-corrected chi connectivity index (χ3v) is 6.83. The fourth-order valence-corrected chi connectivity index (χ4v) is 5.62. The molecule has 2 aliphatic rings. The van der Waals surface area contributed by atoms with E-state index in [4.69, 9.17) is 5.73 Å². The van der Waals surface area contributed by atoms with E-state index in [0.29, 0.717) is 23.6 Å². The summed E-state index contributed by atoms with van der Waals surface area (Å²) in [4.78, 5) is 30.5. The largest absolute Gasteiger partial charge is 0.477 e. The van der Waals surface area contributed by atoms with Crippen molar-refractivity contribution in [3.63, 3.8) is 0 Å². The van der Waals surface area contributed by atoms with Crippen LogP contribution < -0.4 is 5.73 Å². The standard InChI is InChI=1S/C20H25N3O5S/c1-12(25)14-16-20(10-24,9-13-5-3-2-4-6-13)17(29-8-7-22-11-21)15(19(27)28)23(16)18(14)26/h2-6,11-12,14,16,24-25H,7-10H2,1H3,(H2,21,22)(H,27,28). The molecule has 0 saturated carbocycles. The number of nitrogens with zero attached hydrogens (tertiary/aromatic N) is 2. The fourth-order valence-electron chi connectivity index (χ4n) is 4.35. The molecule has 3 rings (SSSR count). The molecule has 5 N–H and O–H groups in total. The van der Waals surface area contributed by atoms with Crippen molar-refractivity contribution in [2.75, 3.05) is 18.9 Å². The van der Waals surface area contributed by atoms with E-state index in [-0.39, 0.29) is 12.3 Å². The zero-order chi connectivity index (χ0) is 21.2. The molecule has 0 aromatic heterocycles. The number of amides is 1. The number of carbonyl (C=O) groups is 2.